The van der Waals surface area contributed by atoms with Gasteiger partial charge in [0.15, 0.2) is 0 Å². The van der Waals surface area contributed by atoms with Crippen LogP contribution in [-0.2, 0) is 16.6 Å². The molecule has 0 atom stereocenters. The topological polar surface area (TPSA) is 37.4 Å². The van der Waals surface area contributed by atoms with Crippen molar-refractivity contribution in [1.82, 2.24) is 4.31 Å². The molecule has 0 spiro atoms. The first kappa shape index (κ1) is 14.7. The molecule has 2 rings (SSSR count). The third-order valence-corrected chi connectivity index (χ3v) is 4.89. The summed E-state index contributed by atoms with van der Waals surface area (Å²) in [6.45, 7) is 2.17. The lowest BCUT2D eigenvalue weighted by molar-refractivity contribution is 0.460. The number of hydrogen-bond acceptors (Lipinski definition) is 2. The smallest absolute Gasteiger partial charge is 0.207 e. The van der Waals surface area contributed by atoms with E-state index in [1.54, 1.807) is 0 Å². The minimum Gasteiger partial charge on any atom is -0.207 e. The van der Waals surface area contributed by atoms with E-state index < -0.39 is 15.8 Å². The maximum atomic E-state index is 13.6. The molecule has 5 heteroatoms. The Balaban J connectivity index is 2.26. The van der Waals surface area contributed by atoms with Gasteiger partial charge in [-0.2, -0.15) is 4.31 Å². The Kier molecular flexibility index (Phi) is 4.20. The average molecular weight is 293 g/mol. The Hall–Kier alpha value is -1.72. The monoisotopic (exact) mass is 293 g/mol. The Morgan fingerprint density at radius 2 is 1.65 bits per heavy atom. The van der Waals surface area contributed by atoms with Gasteiger partial charge >= 0.3 is 0 Å². The third kappa shape index (κ3) is 3.05. The van der Waals surface area contributed by atoms with Crippen molar-refractivity contribution in [3.63, 3.8) is 0 Å². The summed E-state index contributed by atoms with van der Waals surface area (Å²) < 4.78 is 39.4. The Morgan fingerprint density at radius 1 is 1.05 bits per heavy atom. The number of hydrogen-bond donors (Lipinski definition) is 0. The first-order valence-electron chi connectivity index (χ1n) is 6.17. The summed E-state index contributed by atoms with van der Waals surface area (Å²) in [5.74, 6) is -0.733. The second-order valence-corrected chi connectivity index (χ2v) is 6.69. The van der Waals surface area contributed by atoms with Crippen molar-refractivity contribution in [3.8, 4) is 0 Å². The molecule has 0 N–H and O–H groups in total. The van der Waals surface area contributed by atoms with Crippen LogP contribution in [0, 0.1) is 12.7 Å². The van der Waals surface area contributed by atoms with E-state index in [1.165, 1.54) is 25.2 Å². The van der Waals surface area contributed by atoms with Crippen LogP contribution in [0.1, 0.15) is 11.1 Å². The largest absolute Gasteiger partial charge is 0.246 e. The highest BCUT2D eigenvalue weighted by molar-refractivity contribution is 7.89. The number of rotatable bonds is 4. The molecule has 0 aliphatic rings. The van der Waals surface area contributed by atoms with Gasteiger partial charge in [0.1, 0.15) is 10.7 Å². The van der Waals surface area contributed by atoms with Crippen LogP contribution in [0.5, 0.6) is 0 Å². The quantitative estimate of drug-likeness (QED) is 0.869. The highest BCUT2D eigenvalue weighted by Gasteiger charge is 2.23. The van der Waals surface area contributed by atoms with Crippen molar-refractivity contribution in [2.45, 2.75) is 18.4 Å². The van der Waals surface area contributed by atoms with Gasteiger partial charge < -0.3 is 0 Å². The first-order chi connectivity index (χ1) is 9.41. The molecule has 0 heterocycles. The number of halogens is 1. The zero-order valence-electron chi connectivity index (χ0n) is 11.4. The van der Waals surface area contributed by atoms with Crippen LogP contribution in [-0.4, -0.2) is 19.8 Å². The Morgan fingerprint density at radius 3 is 2.25 bits per heavy atom. The summed E-state index contributed by atoms with van der Waals surface area (Å²) in [5, 5.41) is 0. The van der Waals surface area contributed by atoms with Gasteiger partial charge in [-0.1, -0.05) is 42.0 Å². The van der Waals surface area contributed by atoms with E-state index in [0.717, 1.165) is 21.5 Å². The van der Waals surface area contributed by atoms with Crippen LogP contribution >= 0.6 is 0 Å². The maximum absolute atomic E-state index is 13.6. The predicted octanol–water partition coefficient (Wildman–Crippen LogP) is 2.95. The normalized spacial score (nSPS) is 11.8. The molecule has 20 heavy (non-hydrogen) atoms. The van der Waals surface area contributed by atoms with Crippen LogP contribution < -0.4 is 0 Å². The minimum absolute atomic E-state index is 0.205. The highest BCUT2D eigenvalue weighted by atomic mass is 32.2. The van der Waals surface area contributed by atoms with Crippen molar-refractivity contribution >= 4 is 10.0 Å². The average Bonchev–Trinajstić information content (AvgIpc) is 2.41. The second-order valence-electron chi connectivity index (χ2n) is 4.68. The summed E-state index contributed by atoms with van der Waals surface area (Å²) in [5.41, 5.74) is 1.96. The van der Waals surface area contributed by atoms with Gasteiger partial charge in [0.05, 0.1) is 0 Å². The molecule has 106 valence electrons. The lowest BCUT2D eigenvalue weighted by atomic mass is 10.1. The molecule has 0 radical (unpaired) electrons. The molecular formula is C15H16FNO2S. The van der Waals surface area contributed by atoms with Gasteiger partial charge in [0.2, 0.25) is 10.0 Å². The fourth-order valence-electron chi connectivity index (χ4n) is 1.86. The molecule has 0 amide bonds. The molecule has 2 aromatic rings. The molecule has 0 aliphatic heterocycles. The van der Waals surface area contributed by atoms with Crippen molar-refractivity contribution < 1.29 is 12.8 Å². The number of benzene rings is 2. The summed E-state index contributed by atoms with van der Waals surface area (Å²) in [6.07, 6.45) is 0. The van der Waals surface area contributed by atoms with E-state index in [2.05, 4.69) is 0 Å². The van der Waals surface area contributed by atoms with Crippen molar-refractivity contribution in [1.29, 1.82) is 0 Å². The van der Waals surface area contributed by atoms with Gasteiger partial charge in [-0.05, 0) is 24.6 Å². The Bertz CT molecular complexity index is 696. The standard InChI is InChI=1S/C15H16FNO2S/c1-12-7-9-13(10-8-12)11-17(2)20(18,19)15-6-4-3-5-14(15)16/h3-10H,11H2,1-2H3. The molecule has 0 saturated heterocycles. The van der Waals surface area contributed by atoms with Crippen LogP contribution in [0.3, 0.4) is 0 Å². The van der Waals surface area contributed by atoms with Crippen LogP contribution in [0.4, 0.5) is 4.39 Å². The van der Waals surface area contributed by atoms with Crippen LogP contribution in [0.25, 0.3) is 0 Å². The second kappa shape index (κ2) is 5.73. The predicted molar refractivity (Wildman–Crippen MR) is 76.2 cm³/mol. The minimum atomic E-state index is -3.82. The van der Waals surface area contributed by atoms with Gasteiger partial charge in [-0.3, -0.25) is 0 Å². The fraction of sp³-hybridized carbons (Fsp3) is 0.200. The molecule has 0 aromatic heterocycles. The molecule has 0 unspecified atom stereocenters. The summed E-state index contributed by atoms with van der Waals surface area (Å²) in [7, 11) is -2.37. The zero-order valence-corrected chi connectivity index (χ0v) is 12.2. The van der Waals surface area contributed by atoms with Gasteiger partial charge in [0, 0.05) is 13.6 Å². The summed E-state index contributed by atoms with van der Waals surface area (Å²) >= 11 is 0. The summed E-state index contributed by atoms with van der Waals surface area (Å²) in [4.78, 5) is -0.297. The van der Waals surface area contributed by atoms with Crippen molar-refractivity contribution in [2.24, 2.45) is 0 Å². The highest BCUT2D eigenvalue weighted by Crippen LogP contribution is 2.19. The molecule has 0 saturated carbocycles. The van der Waals surface area contributed by atoms with Gasteiger partial charge in [-0.25, -0.2) is 12.8 Å². The van der Waals surface area contributed by atoms with Gasteiger partial charge in [0.25, 0.3) is 0 Å². The van der Waals surface area contributed by atoms with Crippen molar-refractivity contribution in [3.05, 3.63) is 65.5 Å². The number of aryl methyl sites for hydroxylation is 1. The molecule has 0 bridgehead atoms. The fourth-order valence-corrected chi connectivity index (χ4v) is 3.08. The van der Waals surface area contributed by atoms with E-state index in [1.807, 2.05) is 31.2 Å². The van der Waals surface area contributed by atoms with Crippen LogP contribution in [0.15, 0.2) is 53.4 Å². The van der Waals surface area contributed by atoms with Crippen molar-refractivity contribution in [2.75, 3.05) is 7.05 Å². The van der Waals surface area contributed by atoms with E-state index in [0.29, 0.717) is 0 Å². The lowest BCUT2D eigenvalue weighted by Crippen LogP contribution is -2.27. The van der Waals surface area contributed by atoms with E-state index in [4.69, 9.17) is 0 Å². The lowest BCUT2D eigenvalue weighted by Gasteiger charge is -2.17. The van der Waals surface area contributed by atoms with Gasteiger partial charge in [-0.15, -0.1) is 0 Å². The maximum Gasteiger partial charge on any atom is 0.246 e. The molecule has 3 nitrogen and oxygen atoms in total. The van der Waals surface area contributed by atoms with E-state index in [9.17, 15) is 12.8 Å². The third-order valence-electron chi connectivity index (χ3n) is 3.05. The summed E-state index contributed by atoms with van der Waals surface area (Å²) in [6, 6.07) is 13.0. The number of nitrogens with zero attached hydrogens (tertiary/aromatic N) is 1. The van der Waals surface area contributed by atoms with Crippen LogP contribution in [0.2, 0.25) is 0 Å². The molecule has 0 aliphatic carbocycles. The van der Waals surface area contributed by atoms with E-state index in [-0.39, 0.29) is 11.4 Å². The number of sulfonamides is 1. The first-order valence-corrected chi connectivity index (χ1v) is 7.61. The SMILES string of the molecule is Cc1ccc(CN(C)S(=O)(=O)c2ccccc2F)cc1. The molecular weight excluding hydrogens is 277 g/mol. The molecule has 0 fully saturated rings. The Labute approximate surface area is 118 Å². The zero-order chi connectivity index (χ0) is 14.8. The molecule has 2 aromatic carbocycles. The van der Waals surface area contributed by atoms with E-state index >= 15 is 0 Å².